The largest absolute Gasteiger partial charge is 0.325 e. The lowest BCUT2D eigenvalue weighted by Gasteiger charge is -2.16. The zero-order valence-electron chi connectivity index (χ0n) is 13.3. The Labute approximate surface area is 146 Å². The number of anilines is 2. The van der Waals surface area contributed by atoms with Gasteiger partial charge >= 0.3 is 0 Å². The highest BCUT2D eigenvalue weighted by Gasteiger charge is 2.38. The fourth-order valence-electron chi connectivity index (χ4n) is 2.67. The van der Waals surface area contributed by atoms with Crippen molar-refractivity contribution in [2.75, 3.05) is 10.0 Å². The molecule has 0 fully saturated rings. The van der Waals surface area contributed by atoms with E-state index in [-0.39, 0.29) is 11.7 Å². The Bertz CT molecular complexity index is 923. The number of carbonyl (C=O) groups is 1. The average molecular weight is 365 g/mol. The highest BCUT2D eigenvalue weighted by atomic mass is 35.5. The van der Waals surface area contributed by atoms with Gasteiger partial charge in [-0.15, -0.1) is 0 Å². The van der Waals surface area contributed by atoms with Gasteiger partial charge in [-0.3, -0.25) is 9.52 Å². The molecule has 0 aliphatic carbocycles. The number of rotatable bonds is 4. The zero-order chi connectivity index (χ0) is 17.5. The highest BCUT2D eigenvalue weighted by Crippen LogP contribution is 2.38. The first-order valence-corrected chi connectivity index (χ1v) is 9.42. The molecule has 0 spiro atoms. The molecule has 0 atom stereocenters. The van der Waals surface area contributed by atoms with Crippen LogP contribution in [0, 0.1) is 0 Å². The monoisotopic (exact) mass is 364 g/mol. The van der Waals surface area contributed by atoms with E-state index in [1.807, 2.05) is 0 Å². The molecule has 2 aromatic rings. The first kappa shape index (κ1) is 16.8. The first-order chi connectivity index (χ1) is 11.2. The van der Waals surface area contributed by atoms with E-state index >= 15 is 0 Å². The Morgan fingerprint density at radius 1 is 1.17 bits per heavy atom. The summed E-state index contributed by atoms with van der Waals surface area (Å²) < 4.78 is 27.3. The van der Waals surface area contributed by atoms with E-state index in [9.17, 15) is 13.2 Å². The third kappa shape index (κ3) is 3.12. The molecule has 24 heavy (non-hydrogen) atoms. The lowest BCUT2D eigenvalue weighted by molar-refractivity contribution is -0.119. The van der Waals surface area contributed by atoms with Crippen molar-refractivity contribution in [2.45, 2.75) is 25.0 Å². The normalized spacial score (nSPS) is 15.7. The van der Waals surface area contributed by atoms with E-state index in [1.54, 1.807) is 56.3 Å². The molecule has 0 saturated carbocycles. The van der Waals surface area contributed by atoms with Crippen LogP contribution in [0.15, 0.2) is 42.5 Å². The molecule has 0 saturated heterocycles. The van der Waals surface area contributed by atoms with Gasteiger partial charge in [-0.25, -0.2) is 8.42 Å². The molecule has 0 aromatic heterocycles. The SMILES string of the molecule is CC1(C)C(=O)Nc2ccc(NS(=O)(=O)Cc3ccccc3Cl)cc21. The van der Waals surface area contributed by atoms with E-state index in [1.165, 1.54) is 0 Å². The molecular formula is C17H17ClN2O3S. The van der Waals surface area contributed by atoms with Crippen molar-refractivity contribution < 1.29 is 13.2 Å². The smallest absolute Gasteiger partial charge is 0.236 e. The Kier molecular flexibility index (Phi) is 4.05. The fraction of sp³-hybridized carbons (Fsp3) is 0.235. The van der Waals surface area contributed by atoms with Crippen LogP contribution < -0.4 is 10.0 Å². The second-order valence-electron chi connectivity index (χ2n) is 6.29. The summed E-state index contributed by atoms with van der Waals surface area (Å²) in [4.78, 5) is 12.0. The number of carbonyl (C=O) groups excluding carboxylic acids is 1. The molecule has 0 bridgehead atoms. The number of fused-ring (bicyclic) bond motifs is 1. The van der Waals surface area contributed by atoms with Crippen molar-refractivity contribution >= 4 is 38.9 Å². The van der Waals surface area contributed by atoms with Crippen molar-refractivity contribution in [1.29, 1.82) is 0 Å². The van der Waals surface area contributed by atoms with Crippen LogP contribution in [-0.2, 0) is 26.0 Å². The van der Waals surface area contributed by atoms with Gasteiger partial charge in [-0.2, -0.15) is 0 Å². The van der Waals surface area contributed by atoms with E-state index in [0.29, 0.717) is 22.0 Å². The predicted octanol–water partition coefficient (Wildman–Crippen LogP) is 3.51. The van der Waals surface area contributed by atoms with Crippen LogP contribution in [0.5, 0.6) is 0 Å². The van der Waals surface area contributed by atoms with Gasteiger partial charge in [0, 0.05) is 16.4 Å². The number of benzene rings is 2. The van der Waals surface area contributed by atoms with Crippen LogP contribution >= 0.6 is 11.6 Å². The second-order valence-corrected chi connectivity index (χ2v) is 8.42. The number of halogens is 1. The van der Waals surface area contributed by atoms with E-state index in [2.05, 4.69) is 10.0 Å². The van der Waals surface area contributed by atoms with Crippen LogP contribution in [0.1, 0.15) is 25.0 Å². The van der Waals surface area contributed by atoms with Crippen molar-refractivity contribution in [3.63, 3.8) is 0 Å². The minimum atomic E-state index is -3.62. The van der Waals surface area contributed by atoms with Gasteiger partial charge in [-0.1, -0.05) is 29.8 Å². The number of sulfonamides is 1. The van der Waals surface area contributed by atoms with Crippen molar-refractivity contribution in [1.82, 2.24) is 0 Å². The standard InChI is InChI=1S/C17H17ClN2O3S/c1-17(2)13-9-12(7-8-15(13)19-16(17)21)20-24(22,23)10-11-5-3-4-6-14(11)18/h3-9,20H,10H2,1-2H3,(H,19,21). The molecule has 1 aliphatic rings. The van der Waals surface area contributed by atoms with Crippen molar-refractivity contribution in [3.05, 3.63) is 58.6 Å². The molecule has 126 valence electrons. The summed E-state index contributed by atoms with van der Waals surface area (Å²) >= 11 is 6.03. The fourth-order valence-corrected chi connectivity index (χ4v) is 4.17. The molecule has 7 heteroatoms. The lowest BCUT2D eigenvalue weighted by Crippen LogP contribution is -2.27. The summed E-state index contributed by atoms with van der Waals surface area (Å²) in [5.41, 5.74) is 1.74. The third-order valence-corrected chi connectivity index (χ3v) is 5.69. The summed E-state index contributed by atoms with van der Waals surface area (Å²) in [5.74, 6) is -0.321. The minimum absolute atomic E-state index is 0.103. The van der Waals surface area contributed by atoms with Crippen molar-refractivity contribution in [3.8, 4) is 0 Å². The Morgan fingerprint density at radius 3 is 2.58 bits per heavy atom. The summed E-state index contributed by atoms with van der Waals surface area (Å²) in [6, 6.07) is 11.8. The molecule has 0 radical (unpaired) electrons. The molecular weight excluding hydrogens is 348 g/mol. The van der Waals surface area contributed by atoms with Gasteiger partial charge in [0.15, 0.2) is 0 Å². The molecule has 1 heterocycles. The Morgan fingerprint density at radius 2 is 1.88 bits per heavy atom. The lowest BCUT2D eigenvalue weighted by atomic mass is 9.86. The van der Waals surface area contributed by atoms with Crippen LogP contribution in [0.3, 0.4) is 0 Å². The predicted molar refractivity (Wildman–Crippen MR) is 95.8 cm³/mol. The summed E-state index contributed by atoms with van der Waals surface area (Å²) in [6.45, 7) is 3.60. The summed E-state index contributed by atoms with van der Waals surface area (Å²) in [7, 11) is -3.62. The Hall–Kier alpha value is -2.05. The van der Waals surface area contributed by atoms with E-state index in [4.69, 9.17) is 11.6 Å². The Balaban J connectivity index is 1.86. The van der Waals surface area contributed by atoms with Gasteiger partial charge in [0.25, 0.3) is 0 Å². The van der Waals surface area contributed by atoms with Crippen LogP contribution in [0.25, 0.3) is 0 Å². The third-order valence-electron chi connectivity index (χ3n) is 4.09. The maximum atomic E-state index is 12.4. The first-order valence-electron chi connectivity index (χ1n) is 7.39. The summed E-state index contributed by atoms with van der Waals surface area (Å²) in [6.07, 6.45) is 0. The number of hydrogen-bond acceptors (Lipinski definition) is 3. The van der Waals surface area contributed by atoms with Crippen LogP contribution in [0.2, 0.25) is 5.02 Å². The van der Waals surface area contributed by atoms with Gasteiger partial charge in [0.05, 0.1) is 11.2 Å². The van der Waals surface area contributed by atoms with Gasteiger partial charge < -0.3 is 5.32 Å². The topological polar surface area (TPSA) is 75.3 Å². The van der Waals surface area contributed by atoms with Crippen molar-refractivity contribution in [2.24, 2.45) is 0 Å². The van der Waals surface area contributed by atoms with Crippen LogP contribution in [0.4, 0.5) is 11.4 Å². The summed E-state index contributed by atoms with van der Waals surface area (Å²) in [5, 5.41) is 3.20. The maximum absolute atomic E-state index is 12.4. The molecule has 5 nitrogen and oxygen atoms in total. The van der Waals surface area contributed by atoms with Gasteiger partial charge in [0.1, 0.15) is 0 Å². The average Bonchev–Trinajstić information content (AvgIpc) is 2.71. The minimum Gasteiger partial charge on any atom is -0.325 e. The molecule has 1 amide bonds. The number of amides is 1. The van der Waals surface area contributed by atoms with E-state index in [0.717, 1.165) is 5.56 Å². The van der Waals surface area contributed by atoms with E-state index < -0.39 is 15.4 Å². The number of nitrogens with one attached hydrogen (secondary N) is 2. The molecule has 2 aromatic carbocycles. The molecule has 3 rings (SSSR count). The van der Waals surface area contributed by atoms with Gasteiger partial charge in [0.2, 0.25) is 15.9 Å². The highest BCUT2D eigenvalue weighted by molar-refractivity contribution is 7.91. The molecule has 0 unspecified atom stereocenters. The zero-order valence-corrected chi connectivity index (χ0v) is 14.8. The number of hydrogen-bond donors (Lipinski definition) is 2. The van der Waals surface area contributed by atoms with Crippen LogP contribution in [-0.4, -0.2) is 14.3 Å². The maximum Gasteiger partial charge on any atom is 0.236 e. The second kappa shape index (κ2) is 5.79. The molecule has 1 aliphatic heterocycles. The van der Waals surface area contributed by atoms with Gasteiger partial charge in [-0.05, 0) is 49.2 Å². The molecule has 2 N–H and O–H groups in total. The quantitative estimate of drug-likeness (QED) is 0.871.